The smallest absolute Gasteiger partial charge is 0.101 e. The van der Waals surface area contributed by atoms with E-state index in [4.69, 9.17) is 5.26 Å². The SMILES string of the molecule is Cl.N#Cc1cnc2cccc(NC3CCNC3)c2c1. The van der Waals surface area contributed by atoms with Crippen LogP contribution in [0.2, 0.25) is 0 Å². The molecule has 1 aliphatic rings. The number of halogens is 1. The van der Waals surface area contributed by atoms with E-state index in [1.807, 2.05) is 24.3 Å². The molecule has 0 aliphatic carbocycles. The zero-order valence-electron chi connectivity index (χ0n) is 10.4. The van der Waals surface area contributed by atoms with Crippen molar-refractivity contribution in [3.63, 3.8) is 0 Å². The van der Waals surface area contributed by atoms with Crippen LogP contribution in [0, 0.1) is 11.3 Å². The maximum atomic E-state index is 8.95. The van der Waals surface area contributed by atoms with E-state index in [1.54, 1.807) is 6.20 Å². The van der Waals surface area contributed by atoms with Crippen LogP contribution in [-0.4, -0.2) is 24.1 Å². The molecular formula is C14H15ClN4. The van der Waals surface area contributed by atoms with Gasteiger partial charge in [-0.25, -0.2) is 0 Å². The second-order valence-electron chi connectivity index (χ2n) is 4.54. The Balaban J connectivity index is 0.00000133. The van der Waals surface area contributed by atoms with Gasteiger partial charge in [0.2, 0.25) is 0 Å². The highest BCUT2D eigenvalue weighted by Gasteiger charge is 2.15. The van der Waals surface area contributed by atoms with E-state index >= 15 is 0 Å². The van der Waals surface area contributed by atoms with Crippen molar-refractivity contribution in [3.05, 3.63) is 36.0 Å². The van der Waals surface area contributed by atoms with E-state index in [1.165, 1.54) is 0 Å². The highest BCUT2D eigenvalue weighted by atomic mass is 35.5. The van der Waals surface area contributed by atoms with Gasteiger partial charge in [0.25, 0.3) is 0 Å². The summed E-state index contributed by atoms with van der Waals surface area (Å²) in [7, 11) is 0. The van der Waals surface area contributed by atoms with Crippen LogP contribution < -0.4 is 10.6 Å². The van der Waals surface area contributed by atoms with E-state index in [2.05, 4.69) is 21.7 Å². The van der Waals surface area contributed by atoms with Crippen LogP contribution in [0.5, 0.6) is 0 Å². The molecule has 5 heteroatoms. The molecule has 3 rings (SSSR count). The molecule has 0 bridgehead atoms. The first-order valence-electron chi connectivity index (χ1n) is 6.13. The zero-order valence-corrected chi connectivity index (χ0v) is 11.2. The van der Waals surface area contributed by atoms with Crippen molar-refractivity contribution in [2.75, 3.05) is 18.4 Å². The fourth-order valence-electron chi connectivity index (χ4n) is 2.33. The number of rotatable bonds is 2. The number of nitrogens with zero attached hydrogens (tertiary/aromatic N) is 2. The predicted octanol–water partition coefficient (Wildman–Crippen LogP) is 2.30. The molecule has 2 heterocycles. The first-order chi connectivity index (χ1) is 8.86. The lowest BCUT2D eigenvalue weighted by molar-refractivity contribution is 0.794. The molecule has 4 nitrogen and oxygen atoms in total. The van der Waals surface area contributed by atoms with Crippen molar-refractivity contribution in [2.45, 2.75) is 12.5 Å². The summed E-state index contributed by atoms with van der Waals surface area (Å²) in [4.78, 5) is 4.31. The number of anilines is 1. The summed E-state index contributed by atoms with van der Waals surface area (Å²) in [5.41, 5.74) is 2.58. The average molecular weight is 275 g/mol. The highest BCUT2D eigenvalue weighted by molar-refractivity contribution is 5.92. The molecule has 1 aromatic heterocycles. The molecule has 1 atom stereocenters. The molecule has 0 saturated carbocycles. The topological polar surface area (TPSA) is 60.7 Å². The largest absolute Gasteiger partial charge is 0.380 e. The Morgan fingerprint density at radius 2 is 2.32 bits per heavy atom. The minimum Gasteiger partial charge on any atom is -0.380 e. The summed E-state index contributed by atoms with van der Waals surface area (Å²) >= 11 is 0. The third kappa shape index (κ3) is 2.78. The summed E-state index contributed by atoms with van der Waals surface area (Å²) in [6.45, 7) is 2.05. The molecule has 1 fully saturated rings. The lowest BCUT2D eigenvalue weighted by Gasteiger charge is -2.14. The van der Waals surface area contributed by atoms with Gasteiger partial charge in [0, 0.05) is 29.9 Å². The molecule has 2 aromatic rings. The normalized spacial score (nSPS) is 17.7. The Hall–Kier alpha value is -1.83. The second-order valence-corrected chi connectivity index (χ2v) is 4.54. The fraction of sp³-hybridized carbons (Fsp3) is 0.286. The van der Waals surface area contributed by atoms with E-state index in [0.717, 1.165) is 36.1 Å². The Morgan fingerprint density at radius 3 is 3.05 bits per heavy atom. The summed E-state index contributed by atoms with van der Waals surface area (Å²) in [5, 5.41) is 16.8. The number of hydrogen-bond acceptors (Lipinski definition) is 4. The van der Waals surface area contributed by atoms with Crippen molar-refractivity contribution in [2.24, 2.45) is 0 Å². The maximum absolute atomic E-state index is 8.95. The third-order valence-corrected chi connectivity index (χ3v) is 3.27. The number of pyridine rings is 1. The van der Waals surface area contributed by atoms with Crippen LogP contribution in [0.25, 0.3) is 10.9 Å². The van der Waals surface area contributed by atoms with Gasteiger partial charge < -0.3 is 10.6 Å². The minimum absolute atomic E-state index is 0. The first kappa shape index (κ1) is 13.6. The molecule has 2 N–H and O–H groups in total. The van der Waals surface area contributed by atoms with E-state index < -0.39 is 0 Å². The van der Waals surface area contributed by atoms with E-state index in [0.29, 0.717) is 11.6 Å². The summed E-state index contributed by atoms with van der Waals surface area (Å²) < 4.78 is 0. The molecule has 0 spiro atoms. The Bertz CT molecular complexity index is 614. The van der Waals surface area contributed by atoms with Gasteiger partial charge in [0.15, 0.2) is 0 Å². The van der Waals surface area contributed by atoms with Gasteiger partial charge in [0.05, 0.1) is 11.1 Å². The number of aromatic nitrogens is 1. The van der Waals surface area contributed by atoms with Crippen molar-refractivity contribution < 1.29 is 0 Å². The van der Waals surface area contributed by atoms with Gasteiger partial charge in [0.1, 0.15) is 6.07 Å². The zero-order chi connectivity index (χ0) is 12.4. The molecule has 98 valence electrons. The Morgan fingerprint density at radius 1 is 1.42 bits per heavy atom. The number of hydrogen-bond donors (Lipinski definition) is 2. The van der Waals surface area contributed by atoms with Gasteiger partial charge in [-0.2, -0.15) is 5.26 Å². The van der Waals surface area contributed by atoms with Crippen LogP contribution in [0.4, 0.5) is 5.69 Å². The first-order valence-corrected chi connectivity index (χ1v) is 6.13. The van der Waals surface area contributed by atoms with Crippen LogP contribution in [0.3, 0.4) is 0 Å². The van der Waals surface area contributed by atoms with Crippen LogP contribution >= 0.6 is 12.4 Å². The molecule has 1 aliphatic heterocycles. The summed E-state index contributed by atoms with van der Waals surface area (Å²) in [6.07, 6.45) is 2.74. The van der Waals surface area contributed by atoms with E-state index in [-0.39, 0.29) is 12.4 Å². The minimum atomic E-state index is 0. The standard InChI is InChI=1S/C14H14N4.ClH/c15-7-10-6-12-13(17-8-10)2-1-3-14(12)18-11-4-5-16-9-11;/h1-3,6,8,11,16,18H,4-5,9H2;1H. The van der Waals surface area contributed by atoms with Crippen molar-refractivity contribution in [1.82, 2.24) is 10.3 Å². The number of fused-ring (bicyclic) bond motifs is 1. The molecule has 1 aromatic carbocycles. The van der Waals surface area contributed by atoms with Gasteiger partial charge >= 0.3 is 0 Å². The average Bonchev–Trinajstić information content (AvgIpc) is 2.91. The highest BCUT2D eigenvalue weighted by Crippen LogP contribution is 2.24. The van der Waals surface area contributed by atoms with Gasteiger partial charge in [-0.15, -0.1) is 12.4 Å². The van der Waals surface area contributed by atoms with Crippen molar-refractivity contribution >= 4 is 29.0 Å². The Kier molecular flexibility index (Phi) is 4.20. The number of nitriles is 1. The fourth-order valence-corrected chi connectivity index (χ4v) is 2.33. The number of nitrogens with one attached hydrogen (secondary N) is 2. The molecule has 1 unspecified atom stereocenters. The number of benzene rings is 1. The van der Waals surface area contributed by atoms with Crippen LogP contribution in [0.1, 0.15) is 12.0 Å². The monoisotopic (exact) mass is 274 g/mol. The maximum Gasteiger partial charge on any atom is 0.101 e. The Labute approximate surface area is 118 Å². The van der Waals surface area contributed by atoms with Crippen LogP contribution in [-0.2, 0) is 0 Å². The lowest BCUT2D eigenvalue weighted by atomic mass is 10.1. The quantitative estimate of drug-likeness (QED) is 0.882. The van der Waals surface area contributed by atoms with Gasteiger partial charge in [-0.05, 0) is 31.2 Å². The van der Waals surface area contributed by atoms with Gasteiger partial charge in [-0.3, -0.25) is 4.98 Å². The third-order valence-electron chi connectivity index (χ3n) is 3.27. The molecular weight excluding hydrogens is 260 g/mol. The van der Waals surface area contributed by atoms with Crippen LogP contribution in [0.15, 0.2) is 30.5 Å². The summed E-state index contributed by atoms with van der Waals surface area (Å²) in [5.74, 6) is 0. The van der Waals surface area contributed by atoms with Crippen molar-refractivity contribution in [1.29, 1.82) is 5.26 Å². The summed E-state index contributed by atoms with van der Waals surface area (Å²) in [6, 6.07) is 10.5. The van der Waals surface area contributed by atoms with E-state index in [9.17, 15) is 0 Å². The van der Waals surface area contributed by atoms with Gasteiger partial charge in [-0.1, -0.05) is 6.07 Å². The molecule has 0 amide bonds. The molecule has 19 heavy (non-hydrogen) atoms. The molecule has 1 saturated heterocycles. The second kappa shape index (κ2) is 5.87. The van der Waals surface area contributed by atoms with Crippen molar-refractivity contribution in [3.8, 4) is 6.07 Å². The lowest BCUT2D eigenvalue weighted by Crippen LogP contribution is -2.22. The predicted molar refractivity (Wildman–Crippen MR) is 78.6 cm³/mol. The molecule has 0 radical (unpaired) electrons.